The van der Waals surface area contributed by atoms with E-state index in [1.54, 1.807) is 42.6 Å². The van der Waals surface area contributed by atoms with Gasteiger partial charge in [-0.3, -0.25) is 9.36 Å². The lowest BCUT2D eigenvalue weighted by Gasteiger charge is -2.22. The molecule has 172 valence electrons. The van der Waals surface area contributed by atoms with Crippen LogP contribution >= 0.6 is 0 Å². The third-order valence-electron chi connectivity index (χ3n) is 5.55. The Balaban J connectivity index is 1.48. The molecule has 0 aliphatic carbocycles. The van der Waals surface area contributed by atoms with Gasteiger partial charge in [-0.2, -0.15) is 4.98 Å². The minimum Gasteiger partial charge on any atom is -0.444 e. The highest BCUT2D eigenvalue weighted by atomic mass is 19.1. The number of carbonyl (C=O) groups excluding carboxylic acids is 2. The van der Waals surface area contributed by atoms with E-state index in [1.807, 2.05) is 0 Å². The fourth-order valence-corrected chi connectivity index (χ4v) is 4.26. The van der Waals surface area contributed by atoms with Gasteiger partial charge >= 0.3 is 6.09 Å². The van der Waals surface area contributed by atoms with E-state index in [4.69, 9.17) is 9.26 Å². The van der Waals surface area contributed by atoms with Gasteiger partial charge in [0.25, 0.3) is 5.91 Å². The van der Waals surface area contributed by atoms with Crippen LogP contribution in [0, 0.1) is 5.82 Å². The summed E-state index contributed by atoms with van der Waals surface area (Å²) in [6.07, 6.45) is 2.56. The predicted octanol–water partition coefficient (Wildman–Crippen LogP) is 3.38. The van der Waals surface area contributed by atoms with Crippen LogP contribution in [0.5, 0.6) is 0 Å². The molecule has 10 nitrogen and oxygen atoms in total. The Bertz CT molecular complexity index is 1240. The zero-order valence-corrected chi connectivity index (χ0v) is 18.5. The highest BCUT2D eigenvalue weighted by Gasteiger charge is 2.40. The molecule has 2 amide bonds. The molecule has 2 aliphatic rings. The van der Waals surface area contributed by atoms with Gasteiger partial charge in [-0.1, -0.05) is 5.16 Å². The van der Waals surface area contributed by atoms with Crippen molar-refractivity contribution in [2.75, 3.05) is 6.54 Å². The van der Waals surface area contributed by atoms with Crippen LogP contribution < -0.4 is 5.32 Å². The van der Waals surface area contributed by atoms with Gasteiger partial charge in [0.2, 0.25) is 11.7 Å². The zero-order valence-electron chi connectivity index (χ0n) is 18.5. The molecule has 2 aliphatic heterocycles. The van der Waals surface area contributed by atoms with Gasteiger partial charge in [0.15, 0.2) is 0 Å². The van der Waals surface area contributed by atoms with Crippen molar-refractivity contribution in [1.29, 1.82) is 0 Å². The van der Waals surface area contributed by atoms with Gasteiger partial charge in [0.05, 0.1) is 23.0 Å². The number of ether oxygens (including phenoxy) is 1. The van der Waals surface area contributed by atoms with Gasteiger partial charge in [0.1, 0.15) is 30.0 Å². The molecule has 0 saturated carbocycles. The number of alkyl carbamates (subject to hydrolysis) is 1. The number of amides is 2. The van der Waals surface area contributed by atoms with E-state index in [0.717, 1.165) is 18.5 Å². The Morgan fingerprint density at radius 2 is 2.18 bits per heavy atom. The number of benzene rings is 1. The van der Waals surface area contributed by atoms with E-state index in [-0.39, 0.29) is 30.2 Å². The lowest BCUT2D eigenvalue weighted by Crippen LogP contribution is -2.32. The molecule has 0 spiro atoms. The Kier molecular flexibility index (Phi) is 4.91. The van der Waals surface area contributed by atoms with Gasteiger partial charge < -0.3 is 19.5 Å². The minimum atomic E-state index is -0.623. The molecule has 3 aromatic rings. The summed E-state index contributed by atoms with van der Waals surface area (Å²) in [5.41, 5.74) is 1.45. The summed E-state index contributed by atoms with van der Waals surface area (Å²) < 4.78 is 26.2. The van der Waals surface area contributed by atoms with Crippen molar-refractivity contribution in [2.45, 2.75) is 51.8 Å². The number of imidazole rings is 1. The molecule has 1 fully saturated rings. The number of nitrogens with one attached hydrogen (secondary N) is 1. The molecule has 0 unspecified atom stereocenters. The zero-order chi connectivity index (χ0) is 23.3. The van der Waals surface area contributed by atoms with Crippen molar-refractivity contribution in [3.63, 3.8) is 0 Å². The molecular formula is C22H23FN6O4. The largest absolute Gasteiger partial charge is 0.444 e. The van der Waals surface area contributed by atoms with Crippen LogP contribution in [-0.2, 0) is 11.3 Å². The van der Waals surface area contributed by atoms with E-state index >= 15 is 0 Å². The number of carbonyl (C=O) groups is 2. The van der Waals surface area contributed by atoms with Gasteiger partial charge in [-0.25, -0.2) is 14.2 Å². The summed E-state index contributed by atoms with van der Waals surface area (Å²) in [6.45, 7) is 5.87. The number of hydrogen-bond donors (Lipinski definition) is 1. The van der Waals surface area contributed by atoms with Crippen molar-refractivity contribution in [3.8, 4) is 17.2 Å². The van der Waals surface area contributed by atoms with Crippen LogP contribution in [0.4, 0.5) is 9.18 Å². The quantitative estimate of drug-likeness (QED) is 0.645. The average molecular weight is 454 g/mol. The van der Waals surface area contributed by atoms with E-state index in [9.17, 15) is 14.0 Å². The third-order valence-corrected chi connectivity index (χ3v) is 5.55. The van der Waals surface area contributed by atoms with Crippen LogP contribution in [-0.4, -0.2) is 48.7 Å². The molecular weight excluding hydrogens is 431 g/mol. The summed E-state index contributed by atoms with van der Waals surface area (Å²) in [4.78, 5) is 35.7. The molecule has 1 saturated heterocycles. The fourth-order valence-electron chi connectivity index (χ4n) is 4.26. The summed E-state index contributed by atoms with van der Waals surface area (Å²) >= 11 is 0. The first-order valence-corrected chi connectivity index (χ1v) is 10.7. The fraction of sp³-hybridized carbons (Fsp3) is 0.409. The number of hydrogen-bond acceptors (Lipinski definition) is 7. The molecule has 0 bridgehead atoms. The van der Waals surface area contributed by atoms with E-state index in [0.29, 0.717) is 23.5 Å². The lowest BCUT2D eigenvalue weighted by molar-refractivity contribution is 0.0517. The number of fused-ring (bicyclic) bond motifs is 5. The molecule has 1 N–H and O–H groups in total. The molecule has 0 radical (unpaired) electrons. The number of aromatic nitrogens is 4. The van der Waals surface area contributed by atoms with Crippen LogP contribution in [0.2, 0.25) is 0 Å². The van der Waals surface area contributed by atoms with Crippen molar-refractivity contribution in [3.05, 3.63) is 47.5 Å². The Morgan fingerprint density at radius 3 is 2.97 bits per heavy atom. The summed E-state index contributed by atoms with van der Waals surface area (Å²) in [5, 5.41) is 6.61. The first-order valence-electron chi connectivity index (χ1n) is 10.7. The first kappa shape index (κ1) is 21.1. The Hall–Kier alpha value is -3.76. The van der Waals surface area contributed by atoms with Crippen LogP contribution in [0.3, 0.4) is 0 Å². The molecule has 11 heteroatoms. The average Bonchev–Trinajstić information content (AvgIpc) is 3.47. The first-order chi connectivity index (χ1) is 15.7. The van der Waals surface area contributed by atoms with Crippen molar-refractivity contribution in [1.82, 2.24) is 29.9 Å². The number of rotatable bonds is 3. The maximum absolute atomic E-state index is 13.9. The number of halogens is 1. The maximum Gasteiger partial charge on any atom is 0.408 e. The molecule has 1 aromatic carbocycles. The van der Waals surface area contributed by atoms with Crippen molar-refractivity contribution in [2.24, 2.45) is 0 Å². The standard InChI is InChI=1S/C22H23FN6O4/c1-22(2,3)32-21(31)24-10-16-26-19(27-33-16)17-18-15-5-4-8-28(15)20(30)13-9-12(23)6-7-14(13)29(18)11-25-17/h6-7,9,11,15H,4-5,8,10H2,1-3H3,(H,24,31)/t15-/m0/s1. The van der Waals surface area contributed by atoms with Gasteiger partial charge in [-0.05, 0) is 51.8 Å². The predicted molar refractivity (Wildman–Crippen MR) is 113 cm³/mol. The van der Waals surface area contributed by atoms with Gasteiger partial charge in [0, 0.05) is 6.54 Å². The molecule has 2 aromatic heterocycles. The molecule has 33 heavy (non-hydrogen) atoms. The summed E-state index contributed by atoms with van der Waals surface area (Å²) in [7, 11) is 0. The topological polar surface area (TPSA) is 115 Å². The third kappa shape index (κ3) is 3.83. The molecule has 5 rings (SSSR count). The Morgan fingerprint density at radius 1 is 1.36 bits per heavy atom. The van der Waals surface area contributed by atoms with E-state index < -0.39 is 17.5 Å². The molecule has 4 heterocycles. The van der Waals surface area contributed by atoms with Crippen LogP contribution in [0.1, 0.15) is 61.6 Å². The SMILES string of the molecule is CC(C)(C)OC(=O)NCc1nc(-c2ncn3c2[C@@H]2CCCN2C(=O)c2cc(F)ccc2-3)no1. The summed E-state index contributed by atoms with van der Waals surface area (Å²) in [6, 6.07) is 3.91. The normalized spacial score (nSPS) is 17.3. The summed E-state index contributed by atoms with van der Waals surface area (Å²) in [5.74, 6) is -0.249. The second kappa shape index (κ2) is 7.68. The second-order valence-electron chi connectivity index (χ2n) is 9.03. The van der Waals surface area contributed by atoms with Gasteiger partial charge in [-0.15, -0.1) is 0 Å². The number of nitrogens with zero attached hydrogens (tertiary/aromatic N) is 5. The van der Waals surface area contributed by atoms with E-state index in [2.05, 4.69) is 20.4 Å². The van der Waals surface area contributed by atoms with Crippen molar-refractivity contribution < 1.29 is 23.2 Å². The lowest BCUT2D eigenvalue weighted by atomic mass is 10.1. The maximum atomic E-state index is 13.9. The Labute approximate surface area is 188 Å². The molecule has 1 atom stereocenters. The second-order valence-corrected chi connectivity index (χ2v) is 9.03. The van der Waals surface area contributed by atoms with E-state index in [1.165, 1.54) is 12.1 Å². The highest BCUT2D eigenvalue weighted by molar-refractivity contribution is 5.99. The smallest absolute Gasteiger partial charge is 0.408 e. The van der Waals surface area contributed by atoms with Crippen LogP contribution in [0.15, 0.2) is 29.0 Å². The van der Waals surface area contributed by atoms with Crippen molar-refractivity contribution >= 4 is 12.0 Å². The van der Waals surface area contributed by atoms with Crippen LogP contribution in [0.25, 0.3) is 17.2 Å². The minimum absolute atomic E-state index is 0.00585. The monoisotopic (exact) mass is 454 g/mol. The highest BCUT2D eigenvalue weighted by Crippen LogP contribution is 2.41.